The van der Waals surface area contributed by atoms with Gasteiger partial charge in [-0.05, 0) is 38.5 Å². The molecule has 0 radical (unpaired) electrons. The molecule has 0 aromatic carbocycles. The summed E-state index contributed by atoms with van der Waals surface area (Å²) in [5, 5.41) is 11.6. The number of ether oxygens (including phenoxy) is 3. The molecular weight excluding hydrogens is 739 g/mol. The maximum absolute atomic E-state index is 12.8. The van der Waals surface area contributed by atoms with Crippen molar-refractivity contribution in [2.75, 3.05) is 41.0 Å². The third-order valence-electron chi connectivity index (χ3n) is 11.7. The van der Waals surface area contributed by atoms with E-state index in [0.717, 1.165) is 38.5 Å². The lowest BCUT2D eigenvalue weighted by Gasteiger charge is -2.34. The molecule has 0 saturated heterocycles. The fraction of sp³-hybridized carbons (Fsp3) is 0.902. The lowest BCUT2D eigenvalue weighted by atomic mass is 10.0. The number of unbranched alkanes of at least 4 members (excludes halogenated alkanes) is 30. The molecule has 0 aliphatic carbocycles. The average Bonchev–Trinajstić information content (AvgIpc) is 3.19. The molecule has 2 atom stereocenters. The van der Waals surface area contributed by atoms with Crippen molar-refractivity contribution in [3.05, 3.63) is 12.2 Å². The standard InChI is InChI=1S/C51H97NO7/c1-6-8-10-12-14-16-18-20-22-24-26-27-29-31-33-35-37-39-41-49(53)58-46-47(45-57-44-43-48(51(55)56)52(3,4)5)59-50(54)42-40-38-36-34-32-30-28-25-23-21-19-17-15-13-11-9-7-2/h21,23,47-48H,6-20,22,24-46H2,1-5H3/b23-21-. The van der Waals surface area contributed by atoms with Crippen LogP contribution in [0.25, 0.3) is 0 Å². The lowest BCUT2D eigenvalue weighted by Crippen LogP contribution is -2.55. The zero-order valence-corrected chi connectivity index (χ0v) is 39.7. The quantitative estimate of drug-likeness (QED) is 0.0260. The normalized spacial score (nSPS) is 12.9. The van der Waals surface area contributed by atoms with Gasteiger partial charge in [-0.1, -0.05) is 199 Å². The summed E-state index contributed by atoms with van der Waals surface area (Å²) in [5.41, 5.74) is 0. The van der Waals surface area contributed by atoms with Gasteiger partial charge >= 0.3 is 11.9 Å². The van der Waals surface area contributed by atoms with Gasteiger partial charge in [0, 0.05) is 19.3 Å². The highest BCUT2D eigenvalue weighted by Crippen LogP contribution is 2.16. The van der Waals surface area contributed by atoms with E-state index in [9.17, 15) is 19.5 Å². The highest BCUT2D eigenvalue weighted by molar-refractivity contribution is 5.70. The highest BCUT2D eigenvalue weighted by Gasteiger charge is 2.25. The minimum absolute atomic E-state index is 0.0450. The van der Waals surface area contributed by atoms with Crippen LogP contribution in [0.4, 0.5) is 0 Å². The summed E-state index contributed by atoms with van der Waals surface area (Å²) in [4.78, 5) is 37.0. The number of allylic oxidation sites excluding steroid dienone is 2. The Hall–Kier alpha value is -1.93. The zero-order valence-electron chi connectivity index (χ0n) is 39.7. The number of nitrogens with zero attached hydrogens (tertiary/aromatic N) is 1. The second kappa shape index (κ2) is 42.7. The minimum Gasteiger partial charge on any atom is -0.544 e. The van der Waals surface area contributed by atoms with Crippen molar-refractivity contribution in [2.45, 2.75) is 257 Å². The summed E-state index contributed by atoms with van der Waals surface area (Å²) < 4.78 is 17.2. The van der Waals surface area contributed by atoms with Crippen LogP contribution < -0.4 is 5.11 Å². The molecule has 0 heterocycles. The molecule has 0 fully saturated rings. The molecule has 8 heteroatoms. The molecule has 0 aliphatic rings. The van der Waals surface area contributed by atoms with Crippen LogP contribution in [0.1, 0.15) is 245 Å². The van der Waals surface area contributed by atoms with Crippen molar-refractivity contribution in [1.82, 2.24) is 0 Å². The summed E-state index contributed by atoms with van der Waals surface area (Å²) in [6.07, 6.45) is 46.6. The van der Waals surface area contributed by atoms with E-state index in [1.807, 2.05) is 21.1 Å². The number of carboxylic acid groups (broad SMARTS) is 1. The van der Waals surface area contributed by atoms with Crippen molar-refractivity contribution in [2.24, 2.45) is 0 Å². The first-order valence-electron chi connectivity index (χ1n) is 25.2. The van der Waals surface area contributed by atoms with Gasteiger partial charge in [-0.25, -0.2) is 0 Å². The molecule has 0 aromatic heterocycles. The van der Waals surface area contributed by atoms with Gasteiger partial charge in [0.05, 0.1) is 40.3 Å². The summed E-state index contributed by atoms with van der Waals surface area (Å²) in [6, 6.07) is -0.722. The fourth-order valence-corrected chi connectivity index (χ4v) is 7.71. The molecular formula is C51H97NO7. The summed E-state index contributed by atoms with van der Waals surface area (Å²) in [5.74, 6) is -1.72. The van der Waals surface area contributed by atoms with Crippen molar-refractivity contribution in [1.29, 1.82) is 0 Å². The first-order valence-corrected chi connectivity index (χ1v) is 25.2. The number of likely N-dealkylation sites (N-methyl/N-ethyl adjacent to an activating group) is 1. The van der Waals surface area contributed by atoms with Gasteiger partial charge in [0.25, 0.3) is 0 Å². The van der Waals surface area contributed by atoms with Crippen LogP contribution in [0.15, 0.2) is 12.2 Å². The molecule has 59 heavy (non-hydrogen) atoms. The second-order valence-electron chi connectivity index (χ2n) is 18.4. The Morgan fingerprint density at radius 3 is 1.22 bits per heavy atom. The van der Waals surface area contributed by atoms with Crippen LogP contribution in [0.5, 0.6) is 0 Å². The van der Waals surface area contributed by atoms with Crippen molar-refractivity contribution >= 4 is 17.9 Å². The van der Waals surface area contributed by atoms with Crippen molar-refractivity contribution in [3.8, 4) is 0 Å². The number of carboxylic acids is 1. The summed E-state index contributed by atoms with van der Waals surface area (Å²) >= 11 is 0. The Bertz CT molecular complexity index is 978. The Kier molecular flexibility index (Phi) is 41.3. The second-order valence-corrected chi connectivity index (χ2v) is 18.4. The molecule has 0 saturated carbocycles. The first kappa shape index (κ1) is 57.1. The topological polar surface area (TPSA) is 102 Å². The Balaban J connectivity index is 4.23. The number of esters is 2. The number of rotatable bonds is 46. The van der Waals surface area contributed by atoms with Gasteiger partial charge in [0.2, 0.25) is 0 Å². The van der Waals surface area contributed by atoms with E-state index >= 15 is 0 Å². The van der Waals surface area contributed by atoms with Crippen LogP contribution in [0.2, 0.25) is 0 Å². The van der Waals surface area contributed by atoms with Gasteiger partial charge in [-0.3, -0.25) is 9.59 Å². The van der Waals surface area contributed by atoms with Crippen LogP contribution >= 0.6 is 0 Å². The van der Waals surface area contributed by atoms with Crippen LogP contribution in [0.3, 0.4) is 0 Å². The van der Waals surface area contributed by atoms with E-state index in [-0.39, 0.29) is 42.7 Å². The van der Waals surface area contributed by atoms with Gasteiger partial charge in [-0.15, -0.1) is 0 Å². The highest BCUT2D eigenvalue weighted by atomic mass is 16.6. The van der Waals surface area contributed by atoms with E-state index < -0.39 is 18.1 Å². The van der Waals surface area contributed by atoms with E-state index in [1.165, 1.54) is 173 Å². The zero-order chi connectivity index (χ0) is 43.5. The monoisotopic (exact) mass is 836 g/mol. The number of hydrogen-bond acceptors (Lipinski definition) is 7. The van der Waals surface area contributed by atoms with Gasteiger partial charge in [0.1, 0.15) is 12.6 Å². The van der Waals surface area contributed by atoms with Crippen molar-refractivity contribution < 1.29 is 38.2 Å². The predicted molar refractivity (Wildman–Crippen MR) is 245 cm³/mol. The average molecular weight is 836 g/mol. The van der Waals surface area contributed by atoms with E-state index in [0.29, 0.717) is 12.8 Å². The molecule has 0 bridgehead atoms. The summed E-state index contributed by atoms with van der Waals surface area (Å²) in [7, 11) is 5.42. The third-order valence-corrected chi connectivity index (χ3v) is 11.7. The molecule has 0 aromatic rings. The maximum Gasteiger partial charge on any atom is 0.306 e. The SMILES string of the molecule is CCCCCCCC/C=C\CCCCCCCCCC(=O)OC(COCCC(C(=O)[O-])[N+](C)(C)C)COC(=O)CCCCCCCCCCCCCCCCCCCC. The van der Waals surface area contributed by atoms with E-state index in [4.69, 9.17) is 14.2 Å². The molecule has 348 valence electrons. The Labute approximate surface area is 365 Å². The largest absolute Gasteiger partial charge is 0.544 e. The van der Waals surface area contributed by atoms with E-state index in [2.05, 4.69) is 26.0 Å². The first-order chi connectivity index (χ1) is 28.6. The minimum atomic E-state index is -1.12. The Morgan fingerprint density at radius 1 is 0.492 bits per heavy atom. The lowest BCUT2D eigenvalue weighted by molar-refractivity contribution is -0.889. The van der Waals surface area contributed by atoms with Gasteiger partial charge < -0.3 is 28.6 Å². The van der Waals surface area contributed by atoms with Gasteiger partial charge in [0.15, 0.2) is 6.10 Å². The molecule has 0 aliphatic heterocycles. The number of carbonyl (C=O) groups excluding carboxylic acids is 3. The van der Waals surface area contributed by atoms with E-state index in [1.54, 1.807) is 0 Å². The summed E-state index contributed by atoms with van der Waals surface area (Å²) in [6.45, 7) is 4.70. The number of carbonyl (C=O) groups is 3. The number of aliphatic carboxylic acids is 1. The number of hydrogen-bond donors (Lipinski definition) is 0. The van der Waals surface area contributed by atoms with Crippen LogP contribution in [-0.4, -0.2) is 75.5 Å². The predicted octanol–water partition coefficient (Wildman–Crippen LogP) is 12.9. The molecule has 0 amide bonds. The van der Waals surface area contributed by atoms with Crippen molar-refractivity contribution in [3.63, 3.8) is 0 Å². The maximum atomic E-state index is 12.8. The third kappa shape index (κ3) is 41.2. The molecule has 8 nitrogen and oxygen atoms in total. The smallest absolute Gasteiger partial charge is 0.306 e. The van der Waals surface area contributed by atoms with Gasteiger partial charge in [-0.2, -0.15) is 0 Å². The Morgan fingerprint density at radius 2 is 0.847 bits per heavy atom. The fourth-order valence-electron chi connectivity index (χ4n) is 7.71. The molecule has 0 N–H and O–H groups in total. The van der Waals surface area contributed by atoms with Crippen LogP contribution in [0, 0.1) is 0 Å². The van der Waals surface area contributed by atoms with Crippen LogP contribution in [-0.2, 0) is 28.6 Å². The molecule has 0 rings (SSSR count). The molecule has 2 unspecified atom stereocenters. The number of quaternary nitrogens is 1. The molecule has 0 spiro atoms.